The number of aliphatic imine (C=N–C) groups is 1. The smallest absolute Gasteiger partial charge is 0.194 e. The summed E-state index contributed by atoms with van der Waals surface area (Å²) in [6.45, 7) is 0.641. The van der Waals surface area contributed by atoms with E-state index in [9.17, 15) is 0 Å². The van der Waals surface area contributed by atoms with E-state index >= 15 is 0 Å². The highest BCUT2D eigenvalue weighted by atomic mass is 35.5. The molecule has 1 aliphatic rings. The Balaban J connectivity index is 1.69. The van der Waals surface area contributed by atoms with E-state index in [1.54, 1.807) is 6.20 Å². The van der Waals surface area contributed by atoms with E-state index in [1.165, 1.54) is 5.56 Å². The third kappa shape index (κ3) is 3.16. The van der Waals surface area contributed by atoms with Crippen molar-refractivity contribution in [1.82, 2.24) is 4.98 Å². The van der Waals surface area contributed by atoms with Gasteiger partial charge in [0.15, 0.2) is 5.96 Å². The van der Waals surface area contributed by atoms with Gasteiger partial charge in [-0.3, -0.25) is 4.99 Å². The van der Waals surface area contributed by atoms with Gasteiger partial charge in [-0.05, 0) is 36.6 Å². The van der Waals surface area contributed by atoms with Crippen LogP contribution in [-0.2, 0) is 5.41 Å². The number of nitrogens with zero attached hydrogens (tertiary/aromatic N) is 2. The van der Waals surface area contributed by atoms with Crippen molar-refractivity contribution in [2.75, 3.05) is 11.9 Å². The number of guanidine groups is 1. The summed E-state index contributed by atoms with van der Waals surface area (Å²) in [6, 6.07) is 13.6. The van der Waals surface area contributed by atoms with Crippen molar-refractivity contribution in [3.05, 3.63) is 59.2 Å². The Labute approximate surface area is 129 Å². The summed E-state index contributed by atoms with van der Waals surface area (Å²) in [5.74, 6) is 1.08. The number of aromatic nitrogens is 1. The fourth-order valence-corrected chi connectivity index (χ4v) is 2.73. The van der Waals surface area contributed by atoms with Crippen LogP contribution in [0.15, 0.2) is 53.7 Å². The lowest BCUT2D eigenvalue weighted by Crippen LogP contribution is -2.25. The molecule has 0 saturated heterocycles. The van der Waals surface area contributed by atoms with E-state index in [2.05, 4.69) is 21.4 Å². The first-order chi connectivity index (χ1) is 10.2. The standard InChI is InChI=1S/C16H17ClN4/c17-13-6-2-1-5-12(13)16(8-9-16)11-20-15(18)21-14-7-3-4-10-19-14/h1-7,10H,8-9,11H2,(H3,18,19,20,21). The first-order valence-electron chi connectivity index (χ1n) is 6.93. The van der Waals surface area contributed by atoms with E-state index < -0.39 is 0 Å². The van der Waals surface area contributed by atoms with Gasteiger partial charge in [0.1, 0.15) is 5.82 Å². The average molecular weight is 301 g/mol. The minimum atomic E-state index is 0.0504. The number of hydrogen-bond acceptors (Lipinski definition) is 2. The second kappa shape index (κ2) is 5.74. The van der Waals surface area contributed by atoms with Crippen LogP contribution in [0.3, 0.4) is 0 Å². The molecule has 0 spiro atoms. The highest BCUT2D eigenvalue weighted by molar-refractivity contribution is 6.31. The Kier molecular flexibility index (Phi) is 3.80. The predicted octanol–water partition coefficient (Wildman–Crippen LogP) is 3.19. The molecule has 21 heavy (non-hydrogen) atoms. The maximum absolute atomic E-state index is 6.29. The number of benzene rings is 1. The molecule has 0 bridgehead atoms. The molecule has 3 N–H and O–H groups in total. The lowest BCUT2D eigenvalue weighted by molar-refractivity contribution is 0.706. The fourth-order valence-electron chi connectivity index (χ4n) is 2.40. The number of pyridine rings is 1. The predicted molar refractivity (Wildman–Crippen MR) is 86.7 cm³/mol. The molecule has 4 nitrogen and oxygen atoms in total. The second-order valence-corrected chi connectivity index (χ2v) is 5.71. The first kappa shape index (κ1) is 13.9. The molecule has 0 atom stereocenters. The lowest BCUT2D eigenvalue weighted by Gasteiger charge is -2.15. The Morgan fingerprint density at radius 3 is 2.67 bits per heavy atom. The highest BCUT2D eigenvalue weighted by Crippen LogP contribution is 2.50. The van der Waals surface area contributed by atoms with Gasteiger partial charge >= 0.3 is 0 Å². The molecule has 1 aromatic heterocycles. The van der Waals surface area contributed by atoms with Gasteiger partial charge in [0, 0.05) is 16.6 Å². The zero-order chi connectivity index (χ0) is 14.7. The SMILES string of the molecule is NC(=NCC1(c2ccccc2Cl)CC1)Nc1ccccn1. The molecule has 1 heterocycles. The van der Waals surface area contributed by atoms with Gasteiger partial charge in [-0.15, -0.1) is 0 Å². The van der Waals surface area contributed by atoms with Gasteiger partial charge in [0.25, 0.3) is 0 Å². The van der Waals surface area contributed by atoms with Gasteiger partial charge in [-0.25, -0.2) is 4.98 Å². The van der Waals surface area contributed by atoms with Crippen LogP contribution < -0.4 is 11.1 Å². The summed E-state index contributed by atoms with van der Waals surface area (Å²) in [5.41, 5.74) is 7.14. The Morgan fingerprint density at radius 2 is 2.00 bits per heavy atom. The van der Waals surface area contributed by atoms with Crippen molar-refractivity contribution in [3.8, 4) is 0 Å². The summed E-state index contributed by atoms with van der Waals surface area (Å²) in [6.07, 6.45) is 3.90. The molecule has 1 aromatic carbocycles. The molecule has 0 amide bonds. The van der Waals surface area contributed by atoms with Gasteiger partial charge in [-0.2, -0.15) is 0 Å². The zero-order valence-electron chi connectivity index (χ0n) is 11.6. The third-order valence-corrected chi connectivity index (χ3v) is 4.10. The third-order valence-electron chi connectivity index (χ3n) is 3.77. The maximum atomic E-state index is 6.29. The number of hydrogen-bond donors (Lipinski definition) is 2. The van der Waals surface area contributed by atoms with Crippen molar-refractivity contribution in [2.45, 2.75) is 18.3 Å². The van der Waals surface area contributed by atoms with Gasteiger partial charge in [-0.1, -0.05) is 35.9 Å². The average Bonchev–Trinajstić information content (AvgIpc) is 3.28. The van der Waals surface area contributed by atoms with Crippen LogP contribution in [-0.4, -0.2) is 17.5 Å². The normalized spacial score (nSPS) is 16.5. The molecule has 1 saturated carbocycles. The topological polar surface area (TPSA) is 63.3 Å². The minimum Gasteiger partial charge on any atom is -0.370 e. The summed E-state index contributed by atoms with van der Waals surface area (Å²) < 4.78 is 0. The van der Waals surface area contributed by atoms with Crippen LogP contribution >= 0.6 is 11.6 Å². The number of nitrogens with two attached hydrogens (primary N) is 1. The molecule has 0 unspecified atom stereocenters. The van der Waals surface area contributed by atoms with Crippen molar-refractivity contribution in [2.24, 2.45) is 10.7 Å². The fraction of sp³-hybridized carbons (Fsp3) is 0.250. The van der Waals surface area contributed by atoms with E-state index in [-0.39, 0.29) is 5.41 Å². The molecule has 1 fully saturated rings. The molecular weight excluding hydrogens is 284 g/mol. The monoisotopic (exact) mass is 300 g/mol. The lowest BCUT2D eigenvalue weighted by atomic mass is 9.96. The molecule has 1 aliphatic carbocycles. The van der Waals surface area contributed by atoms with Crippen LogP contribution in [0.4, 0.5) is 5.82 Å². The summed E-state index contributed by atoms with van der Waals surface area (Å²) in [7, 11) is 0. The van der Waals surface area contributed by atoms with Gasteiger partial charge < -0.3 is 11.1 Å². The van der Waals surface area contributed by atoms with Crippen molar-refractivity contribution >= 4 is 23.4 Å². The quantitative estimate of drug-likeness (QED) is 0.673. The van der Waals surface area contributed by atoms with E-state index in [4.69, 9.17) is 17.3 Å². The Bertz CT molecular complexity index is 650. The molecule has 0 aliphatic heterocycles. The van der Waals surface area contributed by atoms with E-state index in [0.29, 0.717) is 18.3 Å². The van der Waals surface area contributed by atoms with Crippen molar-refractivity contribution < 1.29 is 0 Å². The Morgan fingerprint density at radius 1 is 1.24 bits per heavy atom. The molecule has 5 heteroatoms. The van der Waals surface area contributed by atoms with Crippen molar-refractivity contribution in [1.29, 1.82) is 0 Å². The second-order valence-electron chi connectivity index (χ2n) is 5.30. The van der Waals surface area contributed by atoms with E-state index in [1.807, 2.05) is 36.4 Å². The van der Waals surface area contributed by atoms with E-state index in [0.717, 1.165) is 17.9 Å². The zero-order valence-corrected chi connectivity index (χ0v) is 12.3. The maximum Gasteiger partial charge on any atom is 0.194 e. The number of anilines is 1. The number of nitrogens with one attached hydrogen (secondary N) is 1. The van der Waals surface area contributed by atoms with Crippen LogP contribution in [0.25, 0.3) is 0 Å². The molecule has 108 valence electrons. The largest absolute Gasteiger partial charge is 0.370 e. The Hall–Kier alpha value is -2.07. The number of halogens is 1. The van der Waals surface area contributed by atoms with Crippen LogP contribution in [0.2, 0.25) is 5.02 Å². The summed E-state index contributed by atoms with van der Waals surface area (Å²) in [5, 5.41) is 3.80. The number of rotatable bonds is 4. The van der Waals surface area contributed by atoms with Crippen molar-refractivity contribution in [3.63, 3.8) is 0 Å². The van der Waals surface area contributed by atoms with Crippen LogP contribution in [0.5, 0.6) is 0 Å². The minimum absolute atomic E-state index is 0.0504. The molecule has 3 rings (SSSR count). The van der Waals surface area contributed by atoms with Gasteiger partial charge in [0.05, 0.1) is 6.54 Å². The molecule has 2 aromatic rings. The van der Waals surface area contributed by atoms with Crippen LogP contribution in [0, 0.1) is 0 Å². The first-order valence-corrected chi connectivity index (χ1v) is 7.30. The highest BCUT2D eigenvalue weighted by Gasteiger charge is 2.45. The molecule has 0 radical (unpaired) electrons. The summed E-state index contributed by atoms with van der Waals surface area (Å²) >= 11 is 6.29. The van der Waals surface area contributed by atoms with Crippen LogP contribution in [0.1, 0.15) is 18.4 Å². The summed E-state index contributed by atoms with van der Waals surface area (Å²) in [4.78, 5) is 8.61. The van der Waals surface area contributed by atoms with Gasteiger partial charge in [0.2, 0.25) is 0 Å². The molecular formula is C16H17ClN4.